The maximum absolute atomic E-state index is 13.2. The van der Waals surface area contributed by atoms with Gasteiger partial charge in [0, 0.05) is 19.5 Å². The van der Waals surface area contributed by atoms with Crippen LogP contribution in [0.15, 0.2) is 48.0 Å². The van der Waals surface area contributed by atoms with Crippen LogP contribution in [0.4, 0.5) is 0 Å². The maximum atomic E-state index is 13.2. The summed E-state index contributed by atoms with van der Waals surface area (Å²) in [6.07, 6.45) is 7.67. The van der Waals surface area contributed by atoms with E-state index in [2.05, 4.69) is 75.1 Å². The number of rotatable bonds is 10. The number of hydrogen-bond acceptors (Lipinski definition) is 5. The highest BCUT2D eigenvalue weighted by Crippen LogP contribution is 2.52. The molecule has 2 aromatic carbocycles. The van der Waals surface area contributed by atoms with Crippen molar-refractivity contribution in [3.63, 3.8) is 0 Å². The predicted molar refractivity (Wildman–Crippen MR) is 168 cm³/mol. The van der Waals surface area contributed by atoms with Crippen LogP contribution in [-0.2, 0) is 16.0 Å². The molecule has 6 heteroatoms. The van der Waals surface area contributed by atoms with Crippen LogP contribution in [0, 0.1) is 5.92 Å². The van der Waals surface area contributed by atoms with Crippen molar-refractivity contribution in [2.75, 3.05) is 32.8 Å². The normalized spacial score (nSPS) is 20.7. The summed E-state index contributed by atoms with van der Waals surface area (Å²) in [6.45, 7) is 13.3. The summed E-state index contributed by atoms with van der Waals surface area (Å²) in [6, 6.07) is 15.1. The van der Waals surface area contributed by atoms with Gasteiger partial charge in [-0.05, 0) is 112 Å². The molecule has 2 atom stereocenters. The smallest absolute Gasteiger partial charge is 0.311 e. The molecular formula is C35H48ClNO4. The Morgan fingerprint density at radius 2 is 1.88 bits per heavy atom. The van der Waals surface area contributed by atoms with Gasteiger partial charge in [0.1, 0.15) is 17.1 Å². The lowest BCUT2D eigenvalue weighted by Gasteiger charge is -2.41. The Morgan fingerprint density at radius 3 is 2.63 bits per heavy atom. The number of morpholine rings is 1. The number of benzene rings is 2. The summed E-state index contributed by atoms with van der Waals surface area (Å²) in [4.78, 5) is 15.5. The molecule has 0 amide bonds. The lowest BCUT2D eigenvalue weighted by atomic mass is 9.74. The fourth-order valence-electron chi connectivity index (χ4n) is 6.59. The Kier molecular flexibility index (Phi) is 11.0. The molecule has 0 aromatic heterocycles. The Bertz CT molecular complexity index is 1200. The number of aryl methyl sites for hydroxylation is 1. The molecule has 41 heavy (non-hydrogen) atoms. The van der Waals surface area contributed by atoms with Crippen molar-refractivity contribution in [1.82, 2.24) is 4.90 Å². The molecule has 5 nitrogen and oxygen atoms in total. The Morgan fingerprint density at radius 1 is 1.12 bits per heavy atom. The molecule has 2 heterocycles. The van der Waals surface area contributed by atoms with Crippen LogP contribution in [0.25, 0.3) is 5.57 Å². The van der Waals surface area contributed by atoms with E-state index in [0.717, 1.165) is 82.7 Å². The zero-order valence-electron chi connectivity index (χ0n) is 25.4. The van der Waals surface area contributed by atoms with Gasteiger partial charge in [-0.25, -0.2) is 0 Å². The topological polar surface area (TPSA) is 48.0 Å². The number of carbonyl (C=O) groups excluding carboxylic acids is 1. The van der Waals surface area contributed by atoms with Crippen LogP contribution in [0.2, 0.25) is 0 Å². The minimum Gasteiger partial charge on any atom is -0.483 e. The van der Waals surface area contributed by atoms with Gasteiger partial charge < -0.3 is 14.2 Å². The number of esters is 1. The Balaban J connectivity index is 0.00000387. The summed E-state index contributed by atoms with van der Waals surface area (Å²) in [5.41, 5.74) is 5.93. The summed E-state index contributed by atoms with van der Waals surface area (Å²) >= 11 is 0. The SMILES string of the molecule is CC1CCC2=C(C1)c1c(OC(=O)CCCN3CCOCC3)cc(C(C)CCCc3ccccc3)cc1OC2(C)C.Cl. The molecule has 5 rings (SSSR count). The molecule has 224 valence electrons. The quantitative estimate of drug-likeness (QED) is 0.210. The average molecular weight is 582 g/mol. The first kappa shape index (κ1) is 31.6. The fraction of sp³-hybridized carbons (Fsp3) is 0.571. The van der Waals surface area contributed by atoms with Crippen LogP contribution in [0.3, 0.4) is 0 Å². The van der Waals surface area contributed by atoms with E-state index < -0.39 is 0 Å². The first-order valence-corrected chi connectivity index (χ1v) is 15.4. The summed E-state index contributed by atoms with van der Waals surface area (Å²) in [5.74, 6) is 2.35. The molecule has 2 unspecified atom stereocenters. The van der Waals surface area contributed by atoms with Gasteiger partial charge in [0.2, 0.25) is 0 Å². The number of nitrogens with zero attached hydrogens (tertiary/aromatic N) is 1. The standard InChI is InChI=1S/C35H47NO4.ClH/c1-25-15-16-30-29(22-25)34-31(39-33(37)14-9-17-36-18-20-38-21-19-36)23-28(24-32(34)40-35(30,3)4)26(2)10-8-13-27-11-6-5-7-12-27;/h5-7,11-12,23-26H,8-10,13-22H2,1-4H3;1H. The zero-order chi connectivity index (χ0) is 28.1. The van der Waals surface area contributed by atoms with Crippen molar-refractivity contribution in [2.45, 2.75) is 90.6 Å². The van der Waals surface area contributed by atoms with Crippen LogP contribution < -0.4 is 9.47 Å². The van der Waals surface area contributed by atoms with E-state index in [1.54, 1.807) is 0 Å². The maximum Gasteiger partial charge on any atom is 0.311 e. The second kappa shape index (κ2) is 14.2. The minimum atomic E-state index is -0.350. The van der Waals surface area contributed by atoms with E-state index >= 15 is 0 Å². The van der Waals surface area contributed by atoms with E-state index in [9.17, 15) is 4.79 Å². The highest BCUT2D eigenvalue weighted by atomic mass is 35.5. The third-order valence-electron chi connectivity index (χ3n) is 8.98. The van der Waals surface area contributed by atoms with Crippen molar-refractivity contribution in [1.29, 1.82) is 0 Å². The number of hydrogen-bond donors (Lipinski definition) is 0. The average Bonchev–Trinajstić information content (AvgIpc) is 2.93. The third-order valence-corrected chi connectivity index (χ3v) is 8.98. The van der Waals surface area contributed by atoms with Crippen molar-refractivity contribution in [3.05, 3.63) is 64.7 Å². The van der Waals surface area contributed by atoms with Gasteiger partial charge in [-0.1, -0.05) is 44.2 Å². The lowest BCUT2D eigenvalue weighted by Crippen LogP contribution is -2.37. The van der Waals surface area contributed by atoms with Gasteiger partial charge in [0.05, 0.1) is 18.8 Å². The third kappa shape index (κ3) is 7.94. The fourth-order valence-corrected chi connectivity index (χ4v) is 6.59. The van der Waals surface area contributed by atoms with E-state index in [-0.39, 0.29) is 24.0 Å². The molecule has 1 aliphatic carbocycles. The van der Waals surface area contributed by atoms with E-state index in [4.69, 9.17) is 14.2 Å². The van der Waals surface area contributed by atoms with Crippen LogP contribution in [-0.4, -0.2) is 49.3 Å². The van der Waals surface area contributed by atoms with E-state index in [1.807, 2.05) is 0 Å². The number of carbonyl (C=O) groups is 1. The van der Waals surface area contributed by atoms with E-state index in [0.29, 0.717) is 24.0 Å². The second-order valence-electron chi connectivity index (χ2n) is 12.6. The lowest BCUT2D eigenvalue weighted by molar-refractivity contribution is -0.134. The molecule has 2 aliphatic heterocycles. The molecule has 1 saturated heterocycles. The molecule has 0 N–H and O–H groups in total. The summed E-state index contributed by atoms with van der Waals surface area (Å²) < 4.78 is 18.4. The van der Waals surface area contributed by atoms with Crippen LogP contribution in [0.1, 0.15) is 95.2 Å². The summed E-state index contributed by atoms with van der Waals surface area (Å²) in [5, 5.41) is 0. The van der Waals surface area contributed by atoms with E-state index in [1.165, 1.54) is 28.7 Å². The van der Waals surface area contributed by atoms with Crippen molar-refractivity contribution >= 4 is 23.9 Å². The molecule has 0 radical (unpaired) electrons. The number of halogens is 1. The van der Waals surface area contributed by atoms with Crippen LogP contribution >= 0.6 is 12.4 Å². The predicted octanol–water partition coefficient (Wildman–Crippen LogP) is 8.00. The van der Waals surface area contributed by atoms with Gasteiger partial charge in [-0.15, -0.1) is 12.4 Å². The Hall–Kier alpha value is -2.34. The molecule has 1 fully saturated rings. The molecule has 0 saturated carbocycles. The van der Waals surface area contributed by atoms with Crippen LogP contribution in [0.5, 0.6) is 11.5 Å². The van der Waals surface area contributed by atoms with Gasteiger partial charge in [-0.3, -0.25) is 9.69 Å². The highest BCUT2D eigenvalue weighted by Gasteiger charge is 2.39. The second-order valence-corrected chi connectivity index (χ2v) is 12.6. The van der Waals surface area contributed by atoms with Crippen molar-refractivity contribution < 1.29 is 19.0 Å². The first-order valence-electron chi connectivity index (χ1n) is 15.4. The molecule has 0 spiro atoms. The van der Waals surface area contributed by atoms with Gasteiger partial charge in [0.15, 0.2) is 0 Å². The summed E-state index contributed by atoms with van der Waals surface area (Å²) in [7, 11) is 0. The molecule has 3 aliphatic rings. The molecular weight excluding hydrogens is 534 g/mol. The minimum absolute atomic E-state index is 0. The zero-order valence-corrected chi connectivity index (χ0v) is 26.2. The number of fused-ring (bicyclic) bond motifs is 2. The number of ether oxygens (including phenoxy) is 3. The Labute approximate surface area is 253 Å². The van der Waals surface area contributed by atoms with Crippen molar-refractivity contribution in [3.8, 4) is 11.5 Å². The molecule has 2 aromatic rings. The number of allylic oxidation sites excluding steroid dienone is 1. The van der Waals surface area contributed by atoms with Gasteiger partial charge in [-0.2, -0.15) is 0 Å². The first-order chi connectivity index (χ1) is 19.3. The van der Waals surface area contributed by atoms with Gasteiger partial charge >= 0.3 is 5.97 Å². The highest BCUT2D eigenvalue weighted by molar-refractivity contribution is 5.85. The van der Waals surface area contributed by atoms with Crippen molar-refractivity contribution in [2.24, 2.45) is 5.92 Å². The monoisotopic (exact) mass is 581 g/mol. The largest absolute Gasteiger partial charge is 0.483 e. The van der Waals surface area contributed by atoms with Gasteiger partial charge in [0.25, 0.3) is 0 Å². The molecule has 0 bridgehead atoms.